The van der Waals surface area contributed by atoms with Crippen molar-refractivity contribution in [3.05, 3.63) is 59.8 Å². The molecule has 1 amide bonds. The number of aromatic nitrogens is 6. The smallest absolute Gasteiger partial charge is 0.411 e. The topological polar surface area (TPSA) is 117 Å². The fraction of sp³-hybridized carbons (Fsp3) is 0.375. The summed E-state index contributed by atoms with van der Waals surface area (Å²) in [7, 11) is 5.80. The number of fused-ring (bicyclic) bond motifs is 2. The quantitative estimate of drug-likeness (QED) is 0.436. The minimum atomic E-state index is -0.634. The van der Waals surface area contributed by atoms with Gasteiger partial charge in [-0.2, -0.15) is 5.10 Å². The van der Waals surface area contributed by atoms with Crippen LogP contribution in [0.15, 0.2) is 43.0 Å². The van der Waals surface area contributed by atoms with Crippen LogP contribution in [-0.2, 0) is 23.9 Å². The maximum Gasteiger partial charge on any atom is 0.411 e. The van der Waals surface area contributed by atoms with Crippen LogP contribution < -0.4 is 5.32 Å². The van der Waals surface area contributed by atoms with Crippen LogP contribution in [0.4, 0.5) is 16.4 Å². The SMILES string of the molecule is CN(C)C[C@@H](OC(=O)N1Cc2c(Nc3ncnc4c3ncn4C)n[nH]c2C1(C)C)c1ccccc1. The monoisotopic (exact) mass is 475 g/mol. The summed E-state index contributed by atoms with van der Waals surface area (Å²) in [6.07, 6.45) is 2.41. The summed E-state index contributed by atoms with van der Waals surface area (Å²) in [5.74, 6) is 1.15. The first-order valence-corrected chi connectivity index (χ1v) is 11.4. The molecule has 11 nitrogen and oxygen atoms in total. The van der Waals surface area contributed by atoms with Gasteiger partial charge in [-0.3, -0.25) is 10.00 Å². The zero-order chi connectivity index (χ0) is 24.7. The summed E-state index contributed by atoms with van der Waals surface area (Å²) in [6, 6.07) is 9.81. The van der Waals surface area contributed by atoms with E-state index < -0.39 is 5.54 Å². The van der Waals surface area contributed by atoms with E-state index in [2.05, 4.69) is 30.5 Å². The van der Waals surface area contributed by atoms with Crippen LogP contribution in [0.25, 0.3) is 11.2 Å². The van der Waals surface area contributed by atoms with E-state index in [4.69, 9.17) is 4.74 Å². The van der Waals surface area contributed by atoms with Crippen LogP contribution in [0, 0.1) is 0 Å². The number of anilines is 2. The fourth-order valence-corrected chi connectivity index (χ4v) is 4.46. The lowest BCUT2D eigenvalue weighted by molar-refractivity contribution is 0.0259. The van der Waals surface area contributed by atoms with Gasteiger partial charge in [0.15, 0.2) is 22.8 Å². The molecule has 3 aromatic heterocycles. The fourth-order valence-electron chi connectivity index (χ4n) is 4.46. The van der Waals surface area contributed by atoms with Gasteiger partial charge in [-0.05, 0) is 33.5 Å². The highest BCUT2D eigenvalue weighted by Crippen LogP contribution is 2.42. The zero-order valence-electron chi connectivity index (χ0n) is 20.5. The third-order valence-corrected chi connectivity index (χ3v) is 6.37. The number of hydrogen-bond acceptors (Lipinski definition) is 8. The van der Waals surface area contributed by atoms with E-state index in [1.807, 2.05) is 74.8 Å². The van der Waals surface area contributed by atoms with Crippen LogP contribution in [-0.4, -0.2) is 66.2 Å². The molecule has 0 bridgehead atoms. The Hall–Kier alpha value is -3.99. The normalized spacial score (nSPS) is 15.4. The molecule has 0 radical (unpaired) electrons. The number of nitrogens with one attached hydrogen (secondary N) is 2. The summed E-state index contributed by atoms with van der Waals surface area (Å²) in [5.41, 5.74) is 3.43. The lowest BCUT2D eigenvalue weighted by Gasteiger charge is -2.33. The van der Waals surface area contributed by atoms with E-state index in [0.717, 1.165) is 16.8 Å². The number of aromatic amines is 1. The maximum absolute atomic E-state index is 13.4. The van der Waals surface area contributed by atoms with Crippen molar-refractivity contribution in [2.75, 3.05) is 26.0 Å². The minimum absolute atomic E-state index is 0.347. The number of hydrogen-bond donors (Lipinski definition) is 2. The molecule has 2 N–H and O–H groups in total. The first kappa shape index (κ1) is 22.8. The van der Waals surface area contributed by atoms with Crippen molar-refractivity contribution in [1.29, 1.82) is 0 Å². The Morgan fingerprint density at radius 3 is 2.71 bits per heavy atom. The molecule has 0 spiro atoms. The van der Waals surface area contributed by atoms with Crippen LogP contribution in [0.1, 0.15) is 36.8 Å². The molecule has 0 saturated heterocycles. The standard InChI is InChI=1S/C24H29N9O2/c1-24(2)19-16(20(30-29-19)28-21-18-22(26-13-25-21)32(5)14-27-18)11-33(24)23(34)35-17(12-31(3)4)15-9-7-6-8-10-15/h6-10,13-14,17H,11-12H2,1-5H3,(H2,25,26,28,29,30)/t17-/m1/s1. The molecule has 5 rings (SSSR count). The van der Waals surface area contributed by atoms with E-state index in [1.165, 1.54) is 6.33 Å². The minimum Gasteiger partial charge on any atom is -0.440 e. The molecular weight excluding hydrogens is 446 g/mol. The number of aryl methyl sites for hydroxylation is 1. The Morgan fingerprint density at radius 2 is 1.97 bits per heavy atom. The highest BCUT2D eigenvalue weighted by atomic mass is 16.6. The second kappa shape index (κ2) is 8.66. The first-order chi connectivity index (χ1) is 16.8. The number of rotatable bonds is 6. The molecule has 35 heavy (non-hydrogen) atoms. The van der Waals surface area contributed by atoms with E-state index in [0.29, 0.717) is 35.9 Å². The Morgan fingerprint density at radius 1 is 1.20 bits per heavy atom. The summed E-state index contributed by atoms with van der Waals surface area (Å²) in [5, 5.41) is 10.9. The molecule has 1 aliphatic rings. The van der Waals surface area contributed by atoms with Gasteiger partial charge in [0.05, 0.1) is 24.1 Å². The number of nitrogens with zero attached hydrogens (tertiary/aromatic N) is 7. The van der Waals surface area contributed by atoms with Crippen molar-refractivity contribution in [3.63, 3.8) is 0 Å². The zero-order valence-corrected chi connectivity index (χ0v) is 20.5. The summed E-state index contributed by atoms with van der Waals surface area (Å²) >= 11 is 0. The Kier molecular flexibility index (Phi) is 5.64. The van der Waals surface area contributed by atoms with Gasteiger partial charge in [0.25, 0.3) is 0 Å². The molecule has 0 saturated carbocycles. The maximum atomic E-state index is 13.4. The Labute approximate surface area is 203 Å². The number of imidazole rings is 1. The van der Waals surface area contributed by atoms with E-state index in [1.54, 1.807) is 11.2 Å². The van der Waals surface area contributed by atoms with Crippen molar-refractivity contribution < 1.29 is 9.53 Å². The van der Waals surface area contributed by atoms with Gasteiger partial charge in [0, 0.05) is 19.2 Å². The average Bonchev–Trinajstić information content (AvgIpc) is 3.48. The van der Waals surface area contributed by atoms with Crippen LogP contribution in [0.2, 0.25) is 0 Å². The predicted octanol–water partition coefficient (Wildman–Crippen LogP) is 3.32. The summed E-state index contributed by atoms with van der Waals surface area (Å²) in [4.78, 5) is 30.2. The third kappa shape index (κ3) is 4.08. The summed E-state index contributed by atoms with van der Waals surface area (Å²) in [6.45, 7) is 4.89. The molecule has 4 aromatic rings. The highest BCUT2D eigenvalue weighted by molar-refractivity contribution is 5.85. The molecule has 1 aromatic carbocycles. The molecule has 0 aliphatic carbocycles. The number of likely N-dealkylation sites (N-methyl/N-ethyl adjacent to an activating group) is 1. The number of carbonyl (C=O) groups is 1. The van der Waals surface area contributed by atoms with Gasteiger partial charge in [-0.25, -0.2) is 19.7 Å². The predicted molar refractivity (Wildman–Crippen MR) is 131 cm³/mol. The molecule has 1 aliphatic heterocycles. The van der Waals surface area contributed by atoms with Crippen molar-refractivity contribution in [2.45, 2.75) is 32.0 Å². The molecule has 11 heteroatoms. The van der Waals surface area contributed by atoms with Crippen molar-refractivity contribution in [2.24, 2.45) is 7.05 Å². The van der Waals surface area contributed by atoms with Gasteiger partial charge in [-0.15, -0.1) is 0 Å². The van der Waals surface area contributed by atoms with Gasteiger partial charge in [0.1, 0.15) is 12.4 Å². The van der Waals surface area contributed by atoms with Gasteiger partial charge >= 0.3 is 6.09 Å². The van der Waals surface area contributed by atoms with Crippen LogP contribution >= 0.6 is 0 Å². The number of carbonyl (C=O) groups excluding carboxylic acids is 1. The molecule has 182 valence electrons. The molecule has 0 unspecified atom stereocenters. The average molecular weight is 476 g/mol. The molecular formula is C24H29N9O2. The number of amides is 1. The number of ether oxygens (including phenoxy) is 1. The van der Waals surface area contributed by atoms with E-state index >= 15 is 0 Å². The van der Waals surface area contributed by atoms with Crippen molar-refractivity contribution in [1.82, 2.24) is 39.5 Å². The van der Waals surface area contributed by atoms with Crippen molar-refractivity contribution in [3.8, 4) is 0 Å². The molecule has 4 heterocycles. The molecule has 0 fully saturated rings. The van der Waals surface area contributed by atoms with Crippen molar-refractivity contribution >= 4 is 28.9 Å². The Balaban J connectivity index is 1.39. The van der Waals surface area contributed by atoms with E-state index in [-0.39, 0.29) is 12.2 Å². The van der Waals surface area contributed by atoms with E-state index in [9.17, 15) is 4.79 Å². The van der Waals surface area contributed by atoms with Gasteiger partial charge in [-0.1, -0.05) is 30.3 Å². The summed E-state index contributed by atoms with van der Waals surface area (Å²) < 4.78 is 7.87. The highest BCUT2D eigenvalue weighted by Gasteiger charge is 2.45. The van der Waals surface area contributed by atoms with Crippen LogP contribution in [0.3, 0.4) is 0 Å². The number of benzene rings is 1. The lowest BCUT2D eigenvalue weighted by atomic mass is 10.0. The number of H-pyrrole nitrogens is 1. The van der Waals surface area contributed by atoms with Gasteiger partial charge < -0.3 is 19.5 Å². The third-order valence-electron chi connectivity index (χ3n) is 6.37. The Bertz CT molecular complexity index is 1360. The first-order valence-electron chi connectivity index (χ1n) is 11.4. The second-order valence-corrected chi connectivity index (χ2v) is 9.49. The van der Waals surface area contributed by atoms with Gasteiger partial charge in [0.2, 0.25) is 0 Å². The second-order valence-electron chi connectivity index (χ2n) is 9.49. The largest absolute Gasteiger partial charge is 0.440 e. The van der Waals surface area contributed by atoms with Crippen LogP contribution in [0.5, 0.6) is 0 Å². The molecule has 1 atom stereocenters. The lowest BCUT2D eigenvalue weighted by Crippen LogP contribution is -2.42.